The lowest BCUT2D eigenvalue weighted by Crippen LogP contribution is -2.00. The van der Waals surface area contributed by atoms with Crippen LogP contribution in [-0.2, 0) is 6.54 Å². The van der Waals surface area contributed by atoms with Crippen molar-refractivity contribution in [2.45, 2.75) is 6.54 Å². The summed E-state index contributed by atoms with van der Waals surface area (Å²) in [5, 5.41) is 5.29. The Morgan fingerprint density at radius 2 is 1.70 bits per heavy atom. The minimum absolute atomic E-state index is 0.608. The molecule has 0 aliphatic heterocycles. The van der Waals surface area contributed by atoms with Crippen molar-refractivity contribution in [2.75, 3.05) is 5.73 Å². The van der Waals surface area contributed by atoms with E-state index in [1.807, 2.05) is 65.5 Å². The van der Waals surface area contributed by atoms with Gasteiger partial charge in [-0.25, -0.2) is 0 Å². The molecule has 0 bridgehead atoms. The van der Waals surface area contributed by atoms with Crippen LogP contribution in [0.4, 0.5) is 5.69 Å². The SMILES string of the molecule is Nc1cn(Cc2ccccc2Cl)nc1-c1ccccc1. The smallest absolute Gasteiger partial charge is 0.115 e. The van der Waals surface area contributed by atoms with Crippen molar-refractivity contribution < 1.29 is 0 Å². The minimum atomic E-state index is 0.608. The van der Waals surface area contributed by atoms with Crippen LogP contribution in [0, 0.1) is 0 Å². The van der Waals surface area contributed by atoms with Crippen LogP contribution in [-0.4, -0.2) is 9.78 Å². The van der Waals surface area contributed by atoms with E-state index in [1.54, 1.807) is 0 Å². The Kier molecular flexibility index (Phi) is 3.44. The number of anilines is 1. The third-order valence-electron chi connectivity index (χ3n) is 3.13. The van der Waals surface area contributed by atoms with Gasteiger partial charge in [-0.1, -0.05) is 60.1 Å². The Morgan fingerprint density at radius 3 is 2.45 bits per heavy atom. The van der Waals surface area contributed by atoms with Crippen molar-refractivity contribution in [3.63, 3.8) is 0 Å². The molecule has 0 spiro atoms. The molecule has 3 nitrogen and oxygen atoms in total. The molecule has 0 radical (unpaired) electrons. The topological polar surface area (TPSA) is 43.8 Å². The molecule has 0 aliphatic rings. The number of benzene rings is 2. The number of aromatic nitrogens is 2. The van der Waals surface area contributed by atoms with Crippen LogP contribution >= 0.6 is 11.6 Å². The number of nitrogens with two attached hydrogens (primary N) is 1. The lowest BCUT2D eigenvalue weighted by Gasteiger charge is -2.03. The van der Waals surface area contributed by atoms with Crippen LogP contribution in [0.2, 0.25) is 5.02 Å². The van der Waals surface area contributed by atoms with E-state index in [4.69, 9.17) is 17.3 Å². The molecule has 0 amide bonds. The van der Waals surface area contributed by atoms with E-state index in [9.17, 15) is 0 Å². The molecule has 20 heavy (non-hydrogen) atoms. The monoisotopic (exact) mass is 283 g/mol. The Labute approximate surface area is 122 Å². The molecule has 0 saturated heterocycles. The molecule has 3 rings (SSSR count). The van der Waals surface area contributed by atoms with Gasteiger partial charge in [-0.3, -0.25) is 4.68 Å². The molecule has 100 valence electrons. The van der Waals surface area contributed by atoms with Crippen molar-refractivity contribution in [1.29, 1.82) is 0 Å². The predicted octanol–water partition coefficient (Wildman–Crippen LogP) is 3.83. The molecule has 4 heteroatoms. The quantitative estimate of drug-likeness (QED) is 0.794. The normalized spacial score (nSPS) is 10.7. The summed E-state index contributed by atoms with van der Waals surface area (Å²) in [6, 6.07) is 17.7. The Bertz CT molecular complexity index is 720. The Balaban J connectivity index is 1.92. The van der Waals surface area contributed by atoms with Crippen LogP contribution in [0.1, 0.15) is 5.56 Å². The maximum Gasteiger partial charge on any atom is 0.115 e. The molecule has 0 unspecified atom stereocenters. The summed E-state index contributed by atoms with van der Waals surface area (Å²) in [6.07, 6.45) is 1.84. The van der Waals surface area contributed by atoms with Gasteiger partial charge in [0, 0.05) is 16.8 Å². The standard InChI is InChI=1S/C16H14ClN3/c17-14-9-5-4-8-13(14)10-20-11-15(18)16(19-20)12-6-2-1-3-7-12/h1-9,11H,10,18H2. The first-order chi connectivity index (χ1) is 9.74. The second kappa shape index (κ2) is 5.39. The van der Waals surface area contributed by atoms with E-state index in [0.29, 0.717) is 12.2 Å². The van der Waals surface area contributed by atoms with Crippen molar-refractivity contribution >= 4 is 17.3 Å². The van der Waals surface area contributed by atoms with Crippen LogP contribution < -0.4 is 5.73 Å². The highest BCUT2D eigenvalue weighted by Crippen LogP contribution is 2.24. The largest absolute Gasteiger partial charge is 0.396 e. The lowest BCUT2D eigenvalue weighted by molar-refractivity contribution is 0.690. The number of halogens is 1. The fraction of sp³-hybridized carbons (Fsp3) is 0.0625. The van der Waals surface area contributed by atoms with Crippen LogP contribution in [0.15, 0.2) is 60.8 Å². The summed E-state index contributed by atoms with van der Waals surface area (Å²) in [4.78, 5) is 0. The van der Waals surface area contributed by atoms with Gasteiger partial charge in [-0.2, -0.15) is 5.10 Å². The van der Waals surface area contributed by atoms with Crippen LogP contribution in [0.5, 0.6) is 0 Å². The zero-order chi connectivity index (χ0) is 13.9. The molecule has 0 atom stereocenters. The fourth-order valence-electron chi connectivity index (χ4n) is 2.14. The van der Waals surface area contributed by atoms with Gasteiger partial charge in [-0.05, 0) is 11.6 Å². The van der Waals surface area contributed by atoms with E-state index in [-0.39, 0.29) is 0 Å². The summed E-state index contributed by atoms with van der Waals surface area (Å²) in [7, 11) is 0. The molecule has 0 aliphatic carbocycles. The van der Waals surface area contributed by atoms with E-state index in [0.717, 1.165) is 21.8 Å². The maximum atomic E-state index is 6.17. The maximum absolute atomic E-state index is 6.17. The minimum Gasteiger partial charge on any atom is -0.396 e. The molecule has 0 saturated carbocycles. The average Bonchev–Trinajstić information content (AvgIpc) is 2.83. The highest BCUT2D eigenvalue weighted by atomic mass is 35.5. The number of hydrogen-bond donors (Lipinski definition) is 1. The summed E-state index contributed by atoms with van der Waals surface area (Å²) in [5.41, 5.74) is 9.56. The third-order valence-corrected chi connectivity index (χ3v) is 3.50. The van der Waals surface area contributed by atoms with E-state index in [2.05, 4.69) is 5.10 Å². The van der Waals surface area contributed by atoms with Gasteiger partial charge >= 0.3 is 0 Å². The van der Waals surface area contributed by atoms with Crippen LogP contribution in [0.3, 0.4) is 0 Å². The molecule has 2 N–H and O–H groups in total. The molecule has 3 aromatic rings. The second-order valence-electron chi connectivity index (χ2n) is 4.59. The van der Waals surface area contributed by atoms with Crippen molar-refractivity contribution in [1.82, 2.24) is 9.78 Å². The van der Waals surface area contributed by atoms with Crippen molar-refractivity contribution in [2.24, 2.45) is 0 Å². The Hall–Kier alpha value is -2.26. The van der Waals surface area contributed by atoms with E-state index >= 15 is 0 Å². The number of rotatable bonds is 3. The average molecular weight is 284 g/mol. The number of nitrogen functional groups attached to an aromatic ring is 1. The first-order valence-corrected chi connectivity index (χ1v) is 6.73. The van der Waals surface area contributed by atoms with Gasteiger partial charge in [0.25, 0.3) is 0 Å². The Morgan fingerprint density at radius 1 is 1.00 bits per heavy atom. The van der Waals surface area contributed by atoms with Gasteiger partial charge in [0.05, 0.1) is 12.2 Å². The van der Waals surface area contributed by atoms with Gasteiger partial charge in [0.15, 0.2) is 0 Å². The zero-order valence-corrected chi connectivity index (χ0v) is 11.6. The number of hydrogen-bond acceptors (Lipinski definition) is 2. The van der Waals surface area contributed by atoms with Gasteiger partial charge in [0.2, 0.25) is 0 Å². The first kappa shape index (κ1) is 12.8. The second-order valence-corrected chi connectivity index (χ2v) is 5.00. The van der Waals surface area contributed by atoms with E-state index < -0.39 is 0 Å². The van der Waals surface area contributed by atoms with Gasteiger partial charge in [0.1, 0.15) is 5.69 Å². The molecular weight excluding hydrogens is 270 g/mol. The summed E-state index contributed by atoms with van der Waals surface area (Å²) < 4.78 is 1.82. The molecule has 1 aromatic heterocycles. The van der Waals surface area contributed by atoms with Crippen molar-refractivity contribution in [3.8, 4) is 11.3 Å². The van der Waals surface area contributed by atoms with Crippen molar-refractivity contribution in [3.05, 3.63) is 71.4 Å². The predicted molar refractivity (Wildman–Crippen MR) is 82.6 cm³/mol. The molecule has 0 fully saturated rings. The first-order valence-electron chi connectivity index (χ1n) is 6.36. The molecular formula is C16H14ClN3. The fourth-order valence-corrected chi connectivity index (χ4v) is 2.33. The zero-order valence-electron chi connectivity index (χ0n) is 10.8. The highest BCUT2D eigenvalue weighted by molar-refractivity contribution is 6.31. The van der Waals surface area contributed by atoms with Crippen LogP contribution in [0.25, 0.3) is 11.3 Å². The van der Waals surface area contributed by atoms with E-state index in [1.165, 1.54) is 0 Å². The molecule has 1 heterocycles. The van der Waals surface area contributed by atoms with Gasteiger partial charge < -0.3 is 5.73 Å². The summed E-state index contributed by atoms with van der Waals surface area (Å²) in [6.45, 7) is 0.608. The summed E-state index contributed by atoms with van der Waals surface area (Å²) in [5.74, 6) is 0. The molecule has 2 aromatic carbocycles. The summed E-state index contributed by atoms with van der Waals surface area (Å²) >= 11 is 6.17. The third kappa shape index (κ3) is 2.53. The number of nitrogens with zero attached hydrogens (tertiary/aromatic N) is 2. The highest BCUT2D eigenvalue weighted by Gasteiger charge is 2.09. The van der Waals surface area contributed by atoms with Gasteiger partial charge in [-0.15, -0.1) is 0 Å². The lowest BCUT2D eigenvalue weighted by atomic mass is 10.1.